The Hall–Kier alpha value is -0.530. The summed E-state index contributed by atoms with van der Waals surface area (Å²) in [6.45, 7) is 4.36. The van der Waals surface area contributed by atoms with Crippen molar-refractivity contribution in [2.24, 2.45) is 5.92 Å². The molecule has 21 heavy (non-hydrogen) atoms. The summed E-state index contributed by atoms with van der Waals surface area (Å²) in [5.41, 5.74) is 0. The minimum Gasteiger partial charge on any atom is -0.353 e. The predicted molar refractivity (Wildman–Crippen MR) is 91.4 cm³/mol. The molecule has 0 radical (unpaired) electrons. The van der Waals surface area contributed by atoms with Crippen molar-refractivity contribution < 1.29 is 4.79 Å². The molecule has 2 heteroatoms. The Kier molecular flexibility index (Phi) is 10.6. The third kappa shape index (κ3) is 9.16. The van der Waals surface area contributed by atoms with Gasteiger partial charge in [-0.15, -0.1) is 0 Å². The van der Waals surface area contributed by atoms with E-state index >= 15 is 0 Å². The Morgan fingerprint density at radius 3 is 2.14 bits per heavy atom. The van der Waals surface area contributed by atoms with Gasteiger partial charge in [-0.1, -0.05) is 84.5 Å². The molecule has 1 unspecified atom stereocenters. The second-order valence-corrected chi connectivity index (χ2v) is 7.01. The molecule has 1 amide bonds. The fraction of sp³-hybridized carbons (Fsp3) is 0.947. The number of hydrogen-bond acceptors (Lipinski definition) is 1. The topological polar surface area (TPSA) is 29.1 Å². The molecule has 1 aliphatic rings. The van der Waals surface area contributed by atoms with E-state index in [0.29, 0.717) is 11.9 Å². The smallest absolute Gasteiger partial charge is 0.223 e. The van der Waals surface area contributed by atoms with Gasteiger partial charge in [-0.3, -0.25) is 4.79 Å². The first-order chi connectivity index (χ1) is 10.2. The maximum atomic E-state index is 12.1. The van der Waals surface area contributed by atoms with Crippen LogP contribution in [0.2, 0.25) is 0 Å². The Morgan fingerprint density at radius 2 is 1.52 bits per heavy atom. The Labute approximate surface area is 132 Å². The average Bonchev–Trinajstić information content (AvgIpc) is 2.50. The lowest BCUT2D eigenvalue weighted by molar-refractivity contribution is -0.125. The molecule has 0 aromatic rings. The van der Waals surface area contributed by atoms with E-state index in [1.807, 2.05) is 0 Å². The number of rotatable bonds is 11. The van der Waals surface area contributed by atoms with Gasteiger partial charge < -0.3 is 5.32 Å². The van der Waals surface area contributed by atoms with Gasteiger partial charge in [0.1, 0.15) is 0 Å². The maximum Gasteiger partial charge on any atom is 0.223 e. The first-order valence-electron chi connectivity index (χ1n) is 9.54. The first kappa shape index (κ1) is 18.5. The van der Waals surface area contributed by atoms with Crippen molar-refractivity contribution in [3.63, 3.8) is 0 Å². The van der Waals surface area contributed by atoms with Crippen LogP contribution in [0.1, 0.15) is 104 Å². The summed E-state index contributed by atoms with van der Waals surface area (Å²) in [6, 6.07) is 0.465. The number of hydrogen-bond donors (Lipinski definition) is 1. The molecule has 2 nitrogen and oxygen atoms in total. The SMILES string of the molecule is CCCCCCCCCCC(C)C(=O)NC1CCCCC1. The quantitative estimate of drug-likeness (QED) is 0.494. The summed E-state index contributed by atoms with van der Waals surface area (Å²) < 4.78 is 0. The molecule has 0 spiro atoms. The van der Waals surface area contributed by atoms with Crippen LogP contribution < -0.4 is 5.32 Å². The van der Waals surface area contributed by atoms with Crippen LogP contribution in [0, 0.1) is 5.92 Å². The normalized spacial score (nSPS) is 17.6. The summed E-state index contributed by atoms with van der Waals surface area (Å²) in [7, 11) is 0. The fourth-order valence-corrected chi connectivity index (χ4v) is 3.31. The van der Waals surface area contributed by atoms with Crippen molar-refractivity contribution in [3.8, 4) is 0 Å². The number of unbranched alkanes of at least 4 members (excludes halogenated alkanes) is 7. The minimum atomic E-state index is 0.201. The lowest BCUT2D eigenvalue weighted by Crippen LogP contribution is -2.39. The summed E-state index contributed by atoms with van der Waals surface area (Å²) in [5.74, 6) is 0.497. The second kappa shape index (κ2) is 12.1. The summed E-state index contributed by atoms with van der Waals surface area (Å²) >= 11 is 0. The zero-order valence-corrected chi connectivity index (χ0v) is 14.5. The molecule has 0 heterocycles. The molecule has 1 aliphatic carbocycles. The zero-order chi connectivity index (χ0) is 15.3. The van der Waals surface area contributed by atoms with Crippen LogP contribution in [0.4, 0.5) is 0 Å². The highest BCUT2D eigenvalue weighted by molar-refractivity contribution is 5.78. The summed E-state index contributed by atoms with van der Waals surface area (Å²) in [5, 5.41) is 3.25. The second-order valence-electron chi connectivity index (χ2n) is 7.01. The Balaban J connectivity index is 1.96. The highest BCUT2D eigenvalue weighted by atomic mass is 16.1. The number of carbonyl (C=O) groups is 1. The fourth-order valence-electron chi connectivity index (χ4n) is 3.31. The third-order valence-electron chi connectivity index (χ3n) is 4.89. The van der Waals surface area contributed by atoms with Crippen molar-refractivity contribution in [2.45, 2.75) is 110 Å². The molecule has 1 N–H and O–H groups in total. The molecule has 1 fully saturated rings. The van der Waals surface area contributed by atoms with E-state index in [2.05, 4.69) is 19.2 Å². The van der Waals surface area contributed by atoms with E-state index in [1.54, 1.807) is 0 Å². The van der Waals surface area contributed by atoms with Gasteiger partial charge in [0.15, 0.2) is 0 Å². The lowest BCUT2D eigenvalue weighted by Gasteiger charge is -2.24. The minimum absolute atomic E-state index is 0.201. The predicted octanol–water partition coefficient (Wildman–Crippen LogP) is 5.60. The van der Waals surface area contributed by atoms with Crippen LogP contribution in [-0.4, -0.2) is 11.9 Å². The van der Waals surface area contributed by atoms with Gasteiger partial charge in [0.05, 0.1) is 0 Å². The van der Waals surface area contributed by atoms with Crippen LogP contribution in [0.3, 0.4) is 0 Å². The molecule has 1 atom stereocenters. The van der Waals surface area contributed by atoms with E-state index in [9.17, 15) is 4.79 Å². The highest BCUT2D eigenvalue weighted by Gasteiger charge is 2.19. The van der Waals surface area contributed by atoms with Gasteiger partial charge >= 0.3 is 0 Å². The van der Waals surface area contributed by atoms with Crippen molar-refractivity contribution in [1.29, 1.82) is 0 Å². The van der Waals surface area contributed by atoms with Crippen LogP contribution >= 0.6 is 0 Å². The van der Waals surface area contributed by atoms with E-state index in [0.717, 1.165) is 6.42 Å². The lowest BCUT2D eigenvalue weighted by atomic mass is 9.94. The van der Waals surface area contributed by atoms with E-state index < -0.39 is 0 Å². The van der Waals surface area contributed by atoms with Crippen LogP contribution in [0.15, 0.2) is 0 Å². The standard InChI is InChI=1S/C19H37NO/c1-3-4-5-6-7-8-9-11-14-17(2)19(21)20-18-15-12-10-13-16-18/h17-18H,3-16H2,1-2H3,(H,20,21). The molecule has 0 aliphatic heterocycles. The average molecular weight is 296 g/mol. The molecular weight excluding hydrogens is 258 g/mol. The molecule has 1 saturated carbocycles. The van der Waals surface area contributed by atoms with Crippen molar-refractivity contribution in [1.82, 2.24) is 5.32 Å². The molecule has 0 bridgehead atoms. The first-order valence-corrected chi connectivity index (χ1v) is 9.54. The van der Waals surface area contributed by atoms with Crippen molar-refractivity contribution in [2.75, 3.05) is 0 Å². The summed E-state index contributed by atoms with van der Waals surface area (Å²) in [6.07, 6.45) is 18.1. The number of amides is 1. The van der Waals surface area contributed by atoms with Crippen LogP contribution in [-0.2, 0) is 4.79 Å². The molecule has 124 valence electrons. The van der Waals surface area contributed by atoms with Gasteiger partial charge in [0.2, 0.25) is 5.91 Å². The van der Waals surface area contributed by atoms with E-state index in [1.165, 1.54) is 83.5 Å². The third-order valence-corrected chi connectivity index (χ3v) is 4.89. The summed E-state index contributed by atoms with van der Waals surface area (Å²) in [4.78, 5) is 12.1. The van der Waals surface area contributed by atoms with Gasteiger partial charge in [0, 0.05) is 12.0 Å². The van der Waals surface area contributed by atoms with Gasteiger partial charge in [-0.05, 0) is 19.3 Å². The number of carbonyl (C=O) groups excluding carboxylic acids is 1. The molecule has 0 saturated heterocycles. The Morgan fingerprint density at radius 1 is 0.952 bits per heavy atom. The van der Waals surface area contributed by atoms with E-state index in [-0.39, 0.29) is 5.92 Å². The zero-order valence-electron chi connectivity index (χ0n) is 14.5. The van der Waals surface area contributed by atoms with Gasteiger partial charge in [-0.25, -0.2) is 0 Å². The monoisotopic (exact) mass is 295 g/mol. The van der Waals surface area contributed by atoms with E-state index in [4.69, 9.17) is 0 Å². The van der Waals surface area contributed by atoms with Crippen LogP contribution in [0.25, 0.3) is 0 Å². The van der Waals surface area contributed by atoms with Crippen LogP contribution in [0.5, 0.6) is 0 Å². The van der Waals surface area contributed by atoms with Crippen molar-refractivity contribution in [3.05, 3.63) is 0 Å². The molecule has 1 rings (SSSR count). The van der Waals surface area contributed by atoms with Gasteiger partial charge in [0.25, 0.3) is 0 Å². The maximum absolute atomic E-state index is 12.1. The Bertz CT molecular complexity index is 258. The largest absolute Gasteiger partial charge is 0.353 e. The highest BCUT2D eigenvalue weighted by Crippen LogP contribution is 2.19. The molecule has 0 aromatic heterocycles. The van der Waals surface area contributed by atoms with Crippen molar-refractivity contribution >= 4 is 5.91 Å². The number of nitrogens with one attached hydrogen (secondary N) is 1. The van der Waals surface area contributed by atoms with Gasteiger partial charge in [-0.2, -0.15) is 0 Å². The molecule has 0 aromatic carbocycles. The molecular formula is C19H37NO.